The minimum absolute atomic E-state index is 0.00793. The van der Waals surface area contributed by atoms with Crippen LogP contribution in [0.25, 0.3) is 0 Å². The lowest BCUT2D eigenvalue weighted by atomic mass is 10.1. The molecule has 3 rings (SSSR count). The number of amides is 1. The fraction of sp³-hybridized carbons (Fsp3) is 0.235. The first-order chi connectivity index (χ1) is 12.2. The molecule has 8 heteroatoms. The zero-order valence-corrected chi connectivity index (χ0v) is 16.9. The van der Waals surface area contributed by atoms with Gasteiger partial charge in [0.1, 0.15) is 0 Å². The van der Waals surface area contributed by atoms with Crippen LogP contribution in [0.4, 0.5) is 0 Å². The van der Waals surface area contributed by atoms with E-state index in [0.29, 0.717) is 12.3 Å². The maximum Gasteiger partial charge on any atom is 0.230 e. The molecular weight excluding hydrogens is 390 g/mol. The average Bonchev–Trinajstić information content (AvgIpc) is 3.29. The second-order valence-corrected chi connectivity index (χ2v) is 9.71. The summed E-state index contributed by atoms with van der Waals surface area (Å²) in [5, 5.41) is 13.3. The molecule has 0 atom stereocenters. The van der Waals surface area contributed by atoms with Gasteiger partial charge in [-0.1, -0.05) is 70.8 Å². The summed E-state index contributed by atoms with van der Waals surface area (Å²) in [6.45, 7) is 2.60. The molecule has 0 spiro atoms. The fourth-order valence-corrected chi connectivity index (χ4v) is 5.55. The highest BCUT2D eigenvalue weighted by Crippen LogP contribution is 2.31. The molecule has 25 heavy (non-hydrogen) atoms. The van der Waals surface area contributed by atoms with Gasteiger partial charge in [0.05, 0.1) is 5.75 Å². The van der Waals surface area contributed by atoms with Crippen LogP contribution >= 0.6 is 46.2 Å². The lowest BCUT2D eigenvalue weighted by molar-refractivity contribution is -0.118. The molecule has 0 unspecified atom stereocenters. The Bertz CT molecular complexity index is 800. The van der Waals surface area contributed by atoms with Gasteiger partial charge >= 0.3 is 0 Å². The van der Waals surface area contributed by atoms with Crippen molar-refractivity contribution < 1.29 is 4.79 Å². The van der Waals surface area contributed by atoms with Crippen LogP contribution in [0.15, 0.2) is 50.5 Å². The predicted octanol–water partition coefficient (Wildman–Crippen LogP) is 4.61. The van der Waals surface area contributed by atoms with Crippen molar-refractivity contribution in [1.82, 2.24) is 15.5 Å². The predicted molar refractivity (Wildman–Crippen MR) is 108 cm³/mol. The van der Waals surface area contributed by atoms with Crippen molar-refractivity contribution in [1.29, 1.82) is 0 Å². The second kappa shape index (κ2) is 9.38. The summed E-state index contributed by atoms with van der Waals surface area (Å²) >= 11 is 6.40. The molecule has 0 aliphatic rings. The van der Waals surface area contributed by atoms with Gasteiger partial charge in [0.2, 0.25) is 5.91 Å². The Hall–Kier alpha value is -1.35. The Morgan fingerprint density at radius 1 is 1.12 bits per heavy atom. The number of thioether (sulfide) groups is 2. The highest BCUT2D eigenvalue weighted by atomic mass is 32.2. The van der Waals surface area contributed by atoms with Crippen LogP contribution in [0.2, 0.25) is 0 Å². The zero-order valence-electron chi connectivity index (χ0n) is 13.6. The van der Waals surface area contributed by atoms with Crippen molar-refractivity contribution in [2.75, 3.05) is 5.75 Å². The topological polar surface area (TPSA) is 54.9 Å². The van der Waals surface area contributed by atoms with Gasteiger partial charge < -0.3 is 5.32 Å². The van der Waals surface area contributed by atoms with Crippen molar-refractivity contribution >= 4 is 52.1 Å². The lowest BCUT2D eigenvalue weighted by Gasteiger charge is -2.04. The Kier molecular flexibility index (Phi) is 6.92. The van der Waals surface area contributed by atoms with E-state index in [2.05, 4.69) is 33.0 Å². The van der Waals surface area contributed by atoms with E-state index in [1.165, 1.54) is 22.2 Å². The quantitative estimate of drug-likeness (QED) is 0.553. The Morgan fingerprint density at radius 2 is 1.88 bits per heavy atom. The molecule has 0 fully saturated rings. The van der Waals surface area contributed by atoms with Gasteiger partial charge in [-0.05, 0) is 23.9 Å². The summed E-state index contributed by atoms with van der Waals surface area (Å²) in [6.07, 6.45) is 0. The third kappa shape index (κ3) is 6.14. The normalized spacial score (nSPS) is 10.8. The van der Waals surface area contributed by atoms with E-state index < -0.39 is 0 Å². The summed E-state index contributed by atoms with van der Waals surface area (Å²) in [5.41, 5.74) is 2.32. The van der Waals surface area contributed by atoms with Gasteiger partial charge in [-0.25, -0.2) is 0 Å². The number of thiophene rings is 1. The van der Waals surface area contributed by atoms with E-state index in [0.717, 1.165) is 20.0 Å². The summed E-state index contributed by atoms with van der Waals surface area (Å²) in [5.74, 6) is 1.28. The smallest absolute Gasteiger partial charge is 0.230 e. The van der Waals surface area contributed by atoms with E-state index in [4.69, 9.17) is 0 Å². The van der Waals surface area contributed by atoms with Crippen molar-refractivity contribution in [3.8, 4) is 0 Å². The number of hydrogen-bond acceptors (Lipinski definition) is 7. The zero-order chi connectivity index (χ0) is 17.5. The summed E-state index contributed by atoms with van der Waals surface area (Å²) < 4.78 is 1.77. The highest BCUT2D eigenvalue weighted by molar-refractivity contribution is 8.03. The van der Waals surface area contributed by atoms with Crippen LogP contribution in [0.5, 0.6) is 0 Å². The molecule has 0 radical (unpaired) electrons. The van der Waals surface area contributed by atoms with Gasteiger partial charge in [-0.2, -0.15) is 0 Å². The van der Waals surface area contributed by atoms with Gasteiger partial charge in [-0.3, -0.25) is 4.79 Å². The van der Waals surface area contributed by atoms with E-state index in [-0.39, 0.29) is 5.91 Å². The Labute approximate surface area is 163 Å². The molecule has 3 aromatic rings. The van der Waals surface area contributed by atoms with Crippen LogP contribution in [0.3, 0.4) is 0 Å². The average molecular weight is 408 g/mol. The number of nitrogens with one attached hydrogen (secondary N) is 1. The molecule has 2 aromatic heterocycles. The number of aryl methyl sites for hydroxylation is 1. The minimum atomic E-state index is 0.00793. The largest absolute Gasteiger partial charge is 0.351 e. The number of nitrogens with zero attached hydrogens (tertiary/aromatic N) is 2. The van der Waals surface area contributed by atoms with Crippen LogP contribution < -0.4 is 5.32 Å². The molecule has 0 bridgehead atoms. The molecule has 1 N–H and O–H groups in total. The second-order valence-electron chi connectivity index (χ2n) is 5.25. The fourth-order valence-electron chi connectivity index (χ4n) is 1.93. The first kappa shape index (κ1) is 18.4. The maximum absolute atomic E-state index is 12.0. The van der Waals surface area contributed by atoms with Crippen LogP contribution in [-0.4, -0.2) is 21.9 Å². The Balaban J connectivity index is 1.39. The van der Waals surface area contributed by atoms with Crippen molar-refractivity contribution in [2.45, 2.75) is 27.9 Å². The van der Waals surface area contributed by atoms with Crippen LogP contribution in [0, 0.1) is 6.92 Å². The molecule has 130 valence electrons. The standard InChI is InChI=1S/C17H17N3OS4/c1-12-4-6-13(7-5-12)9-18-15(21)11-24-17-20-19-16(25-17)23-10-14-3-2-8-22-14/h2-8H,9-11H2,1H3,(H,18,21). The molecule has 1 aromatic carbocycles. The third-order valence-electron chi connectivity index (χ3n) is 3.24. The maximum atomic E-state index is 12.0. The molecule has 2 heterocycles. The molecule has 0 aliphatic heterocycles. The third-order valence-corrected chi connectivity index (χ3v) is 7.54. The van der Waals surface area contributed by atoms with Crippen molar-refractivity contribution in [2.24, 2.45) is 0 Å². The molecule has 0 saturated carbocycles. The molecular formula is C17H17N3OS4. The summed E-state index contributed by atoms with van der Waals surface area (Å²) in [4.78, 5) is 13.3. The van der Waals surface area contributed by atoms with E-state index in [9.17, 15) is 4.79 Å². The number of aromatic nitrogens is 2. The van der Waals surface area contributed by atoms with Crippen molar-refractivity contribution in [3.05, 3.63) is 57.8 Å². The number of hydrogen-bond donors (Lipinski definition) is 1. The SMILES string of the molecule is Cc1ccc(CNC(=O)CSc2nnc(SCc3cccs3)s2)cc1. The molecule has 0 saturated heterocycles. The highest BCUT2D eigenvalue weighted by Gasteiger charge is 2.09. The van der Waals surface area contributed by atoms with E-state index >= 15 is 0 Å². The van der Waals surface area contributed by atoms with E-state index in [1.807, 2.05) is 31.2 Å². The summed E-state index contributed by atoms with van der Waals surface area (Å²) in [6, 6.07) is 12.3. The minimum Gasteiger partial charge on any atom is -0.351 e. The summed E-state index contributed by atoms with van der Waals surface area (Å²) in [7, 11) is 0. The number of carbonyl (C=O) groups excluding carboxylic acids is 1. The van der Waals surface area contributed by atoms with Gasteiger partial charge in [0.15, 0.2) is 8.68 Å². The van der Waals surface area contributed by atoms with Crippen LogP contribution in [0.1, 0.15) is 16.0 Å². The molecule has 4 nitrogen and oxygen atoms in total. The van der Waals surface area contributed by atoms with Crippen LogP contribution in [-0.2, 0) is 17.1 Å². The molecule has 1 amide bonds. The monoisotopic (exact) mass is 407 g/mol. The number of rotatable bonds is 8. The lowest BCUT2D eigenvalue weighted by Crippen LogP contribution is -2.24. The van der Waals surface area contributed by atoms with E-state index in [1.54, 1.807) is 34.4 Å². The Morgan fingerprint density at radius 3 is 2.60 bits per heavy atom. The number of carbonyl (C=O) groups is 1. The first-order valence-corrected chi connectivity index (χ1v) is 11.3. The van der Waals surface area contributed by atoms with Gasteiger partial charge in [0, 0.05) is 17.2 Å². The van der Waals surface area contributed by atoms with Gasteiger partial charge in [0.25, 0.3) is 0 Å². The molecule has 0 aliphatic carbocycles. The number of benzene rings is 1. The van der Waals surface area contributed by atoms with Crippen molar-refractivity contribution in [3.63, 3.8) is 0 Å². The van der Waals surface area contributed by atoms with Gasteiger partial charge in [-0.15, -0.1) is 21.5 Å². The first-order valence-electron chi connectivity index (χ1n) is 7.63.